The summed E-state index contributed by atoms with van der Waals surface area (Å²) in [7, 11) is 0. The van der Waals surface area contributed by atoms with Crippen LogP contribution in [0.15, 0.2) is 41.0 Å². The first-order chi connectivity index (χ1) is 11.0. The summed E-state index contributed by atoms with van der Waals surface area (Å²) >= 11 is 11.7. The SMILES string of the molecule is O=C(NCC(O)(c1ccco1)C1CC1)Nc1ccc(Cl)c(Cl)c1. The number of rotatable bonds is 5. The molecule has 0 aliphatic heterocycles. The maximum atomic E-state index is 12.0. The van der Waals surface area contributed by atoms with Gasteiger partial charge < -0.3 is 20.2 Å². The Morgan fingerprint density at radius 1 is 1.30 bits per heavy atom. The predicted molar refractivity (Wildman–Crippen MR) is 88.8 cm³/mol. The molecule has 1 saturated carbocycles. The Bertz CT molecular complexity index is 701. The average molecular weight is 355 g/mol. The first-order valence-corrected chi connectivity index (χ1v) is 8.01. The third-order valence-electron chi connectivity index (χ3n) is 3.90. The molecule has 23 heavy (non-hydrogen) atoms. The second-order valence-corrected chi connectivity index (χ2v) is 6.43. The van der Waals surface area contributed by atoms with E-state index in [-0.39, 0.29) is 12.5 Å². The van der Waals surface area contributed by atoms with E-state index in [0.717, 1.165) is 12.8 Å². The normalized spacial score (nSPS) is 16.7. The van der Waals surface area contributed by atoms with Crippen molar-refractivity contribution in [2.24, 2.45) is 5.92 Å². The quantitative estimate of drug-likeness (QED) is 0.759. The topological polar surface area (TPSA) is 74.5 Å². The van der Waals surface area contributed by atoms with Gasteiger partial charge >= 0.3 is 6.03 Å². The first kappa shape index (κ1) is 16.2. The standard InChI is InChI=1S/C16H16Cl2N2O3/c17-12-6-5-11(8-13(12)18)20-15(21)19-9-16(22,10-3-4-10)14-2-1-7-23-14/h1-2,5-8,10,22H,3-4,9H2,(H2,19,20,21). The molecule has 1 atom stereocenters. The molecule has 122 valence electrons. The van der Waals surface area contributed by atoms with Gasteiger partial charge in [-0.15, -0.1) is 0 Å². The molecule has 3 rings (SSSR count). The van der Waals surface area contributed by atoms with Crippen LogP contribution in [-0.2, 0) is 5.60 Å². The van der Waals surface area contributed by atoms with Crippen LogP contribution in [0.1, 0.15) is 18.6 Å². The minimum Gasteiger partial charge on any atom is -0.466 e. The van der Waals surface area contributed by atoms with Crippen molar-refractivity contribution in [1.82, 2.24) is 5.32 Å². The maximum Gasteiger partial charge on any atom is 0.319 e. The van der Waals surface area contributed by atoms with Crippen LogP contribution in [0.4, 0.5) is 10.5 Å². The Hall–Kier alpha value is -1.69. The molecule has 0 bridgehead atoms. The van der Waals surface area contributed by atoms with Crippen LogP contribution in [0.25, 0.3) is 0 Å². The van der Waals surface area contributed by atoms with Gasteiger partial charge in [0.1, 0.15) is 11.4 Å². The minimum absolute atomic E-state index is 0.0678. The Labute approximate surface area is 143 Å². The predicted octanol–water partition coefficient (Wildman–Crippen LogP) is 4.01. The van der Waals surface area contributed by atoms with Crippen molar-refractivity contribution in [3.8, 4) is 0 Å². The van der Waals surface area contributed by atoms with E-state index in [9.17, 15) is 9.90 Å². The van der Waals surface area contributed by atoms with E-state index in [4.69, 9.17) is 27.6 Å². The number of benzene rings is 1. The van der Waals surface area contributed by atoms with Crippen LogP contribution in [-0.4, -0.2) is 17.7 Å². The highest BCUT2D eigenvalue weighted by Crippen LogP contribution is 2.45. The summed E-state index contributed by atoms with van der Waals surface area (Å²) in [5, 5.41) is 16.9. The molecule has 1 aromatic heterocycles. The minimum atomic E-state index is -1.18. The Morgan fingerprint density at radius 2 is 2.09 bits per heavy atom. The monoisotopic (exact) mass is 354 g/mol. The lowest BCUT2D eigenvalue weighted by Crippen LogP contribution is -2.43. The number of hydrogen-bond acceptors (Lipinski definition) is 3. The van der Waals surface area contributed by atoms with Crippen molar-refractivity contribution >= 4 is 34.9 Å². The fourth-order valence-electron chi connectivity index (χ4n) is 2.48. The van der Waals surface area contributed by atoms with Crippen molar-refractivity contribution < 1.29 is 14.3 Å². The number of carbonyl (C=O) groups is 1. The largest absolute Gasteiger partial charge is 0.466 e. The van der Waals surface area contributed by atoms with Gasteiger partial charge in [0.15, 0.2) is 0 Å². The lowest BCUT2D eigenvalue weighted by Gasteiger charge is -2.26. The van der Waals surface area contributed by atoms with Gasteiger partial charge in [0, 0.05) is 5.69 Å². The summed E-state index contributed by atoms with van der Waals surface area (Å²) in [6.07, 6.45) is 3.33. The highest BCUT2D eigenvalue weighted by molar-refractivity contribution is 6.42. The van der Waals surface area contributed by atoms with Gasteiger partial charge in [0.25, 0.3) is 0 Å². The lowest BCUT2D eigenvalue weighted by molar-refractivity contribution is -0.00414. The van der Waals surface area contributed by atoms with Crippen molar-refractivity contribution in [2.45, 2.75) is 18.4 Å². The summed E-state index contributed by atoms with van der Waals surface area (Å²) < 4.78 is 5.33. The number of anilines is 1. The van der Waals surface area contributed by atoms with Gasteiger partial charge in [0.05, 0.1) is 22.9 Å². The Kier molecular flexibility index (Phi) is 4.53. The van der Waals surface area contributed by atoms with Crippen molar-refractivity contribution in [2.75, 3.05) is 11.9 Å². The van der Waals surface area contributed by atoms with E-state index in [1.807, 2.05) is 0 Å². The highest BCUT2D eigenvalue weighted by Gasteiger charge is 2.47. The second kappa shape index (κ2) is 6.43. The summed E-state index contributed by atoms with van der Waals surface area (Å²) in [4.78, 5) is 12.0. The number of carbonyl (C=O) groups excluding carboxylic acids is 1. The Balaban J connectivity index is 1.62. The zero-order valence-corrected chi connectivity index (χ0v) is 13.7. The number of amides is 2. The molecular formula is C16H16Cl2N2O3. The molecule has 7 heteroatoms. The zero-order chi connectivity index (χ0) is 16.4. The molecule has 1 heterocycles. The number of urea groups is 1. The third kappa shape index (κ3) is 3.63. The van der Waals surface area contributed by atoms with E-state index < -0.39 is 11.6 Å². The number of furan rings is 1. The zero-order valence-electron chi connectivity index (χ0n) is 12.2. The number of hydrogen-bond donors (Lipinski definition) is 3. The number of nitrogens with one attached hydrogen (secondary N) is 2. The van der Waals surface area contributed by atoms with E-state index in [0.29, 0.717) is 21.5 Å². The number of halogens is 2. The highest BCUT2D eigenvalue weighted by atomic mass is 35.5. The molecule has 0 saturated heterocycles. The maximum absolute atomic E-state index is 12.0. The molecule has 1 aliphatic rings. The third-order valence-corrected chi connectivity index (χ3v) is 4.64. The van der Waals surface area contributed by atoms with E-state index in [1.54, 1.807) is 30.3 Å². The summed E-state index contributed by atoms with van der Waals surface area (Å²) in [5.74, 6) is 0.564. The molecule has 0 spiro atoms. The Morgan fingerprint density at radius 3 is 2.70 bits per heavy atom. The molecule has 1 fully saturated rings. The fourth-order valence-corrected chi connectivity index (χ4v) is 2.78. The molecule has 2 aromatic rings. The van der Waals surface area contributed by atoms with Gasteiger partial charge in [-0.3, -0.25) is 0 Å². The van der Waals surface area contributed by atoms with Crippen LogP contribution in [0, 0.1) is 5.92 Å². The van der Waals surface area contributed by atoms with Gasteiger partial charge in [-0.25, -0.2) is 4.79 Å². The summed E-state index contributed by atoms with van der Waals surface area (Å²) in [6.45, 7) is 0.0678. The van der Waals surface area contributed by atoms with Crippen molar-refractivity contribution in [3.05, 3.63) is 52.4 Å². The van der Waals surface area contributed by atoms with Gasteiger partial charge in [-0.2, -0.15) is 0 Å². The van der Waals surface area contributed by atoms with Crippen LogP contribution in [0.2, 0.25) is 10.0 Å². The average Bonchev–Trinajstić information content (AvgIpc) is 3.24. The van der Waals surface area contributed by atoms with Crippen LogP contribution in [0.5, 0.6) is 0 Å². The molecule has 0 radical (unpaired) electrons. The number of aliphatic hydroxyl groups is 1. The van der Waals surface area contributed by atoms with E-state index >= 15 is 0 Å². The molecule has 1 unspecified atom stereocenters. The fraction of sp³-hybridized carbons (Fsp3) is 0.312. The summed E-state index contributed by atoms with van der Waals surface area (Å²) in [6, 6.07) is 7.81. The molecule has 2 amide bonds. The molecule has 1 aromatic carbocycles. The van der Waals surface area contributed by atoms with Crippen molar-refractivity contribution in [3.63, 3.8) is 0 Å². The van der Waals surface area contributed by atoms with Gasteiger partial charge in [0.2, 0.25) is 0 Å². The molecule has 3 N–H and O–H groups in total. The lowest BCUT2D eigenvalue weighted by atomic mass is 9.94. The summed E-state index contributed by atoms with van der Waals surface area (Å²) in [5.41, 5.74) is -0.664. The van der Waals surface area contributed by atoms with Gasteiger partial charge in [-0.05, 0) is 49.1 Å². The second-order valence-electron chi connectivity index (χ2n) is 5.61. The van der Waals surface area contributed by atoms with Gasteiger partial charge in [-0.1, -0.05) is 23.2 Å². The first-order valence-electron chi connectivity index (χ1n) is 7.25. The molecule has 5 nitrogen and oxygen atoms in total. The van der Waals surface area contributed by atoms with Crippen LogP contribution in [0.3, 0.4) is 0 Å². The van der Waals surface area contributed by atoms with Crippen LogP contribution < -0.4 is 10.6 Å². The van der Waals surface area contributed by atoms with E-state index in [1.165, 1.54) is 6.26 Å². The van der Waals surface area contributed by atoms with Crippen LogP contribution >= 0.6 is 23.2 Å². The smallest absolute Gasteiger partial charge is 0.319 e. The van der Waals surface area contributed by atoms with Crippen molar-refractivity contribution in [1.29, 1.82) is 0 Å². The molecule has 1 aliphatic carbocycles. The molecular weight excluding hydrogens is 339 g/mol. The van der Waals surface area contributed by atoms with E-state index in [2.05, 4.69) is 10.6 Å².